The second kappa shape index (κ2) is 6.40. The van der Waals surface area contributed by atoms with Gasteiger partial charge >= 0.3 is 5.97 Å². The quantitative estimate of drug-likeness (QED) is 0.798. The molecule has 3 nitrogen and oxygen atoms in total. The van der Waals surface area contributed by atoms with Crippen molar-refractivity contribution in [3.8, 4) is 0 Å². The van der Waals surface area contributed by atoms with Gasteiger partial charge in [0.15, 0.2) is 0 Å². The molecule has 1 rings (SSSR count). The Bertz CT molecular complexity index is 374. The first-order valence-electron chi connectivity index (χ1n) is 5.99. The van der Waals surface area contributed by atoms with Crippen molar-refractivity contribution in [3.63, 3.8) is 0 Å². The molecule has 0 fully saturated rings. The Labute approximate surface area is 103 Å². The molecule has 17 heavy (non-hydrogen) atoms. The number of methoxy groups -OCH3 is 1. The second-order valence-electron chi connectivity index (χ2n) is 4.66. The van der Waals surface area contributed by atoms with Gasteiger partial charge in [0.25, 0.3) is 0 Å². The van der Waals surface area contributed by atoms with Gasteiger partial charge in [-0.3, -0.25) is 0 Å². The largest absolute Gasteiger partial charge is 0.465 e. The fourth-order valence-electron chi connectivity index (χ4n) is 1.78. The molecule has 0 amide bonds. The van der Waals surface area contributed by atoms with Gasteiger partial charge in [0, 0.05) is 6.04 Å². The minimum Gasteiger partial charge on any atom is -0.465 e. The summed E-state index contributed by atoms with van der Waals surface area (Å²) in [6.45, 7) is 4.33. The summed E-state index contributed by atoms with van der Waals surface area (Å²) >= 11 is 0. The highest BCUT2D eigenvalue weighted by atomic mass is 16.5. The monoisotopic (exact) mass is 235 g/mol. The highest BCUT2D eigenvalue weighted by Crippen LogP contribution is 2.22. The number of rotatable bonds is 5. The molecule has 1 aromatic rings. The number of esters is 1. The number of carbonyl (C=O) groups is 1. The summed E-state index contributed by atoms with van der Waals surface area (Å²) in [6, 6.07) is 7.28. The maximum Gasteiger partial charge on any atom is 0.338 e. The van der Waals surface area contributed by atoms with Crippen molar-refractivity contribution >= 4 is 5.97 Å². The Kier molecular flexibility index (Phi) is 5.16. The summed E-state index contributed by atoms with van der Waals surface area (Å²) in [7, 11) is 1.39. The Hall–Kier alpha value is -1.35. The first kappa shape index (κ1) is 13.7. The van der Waals surface area contributed by atoms with Crippen molar-refractivity contribution in [2.45, 2.75) is 32.7 Å². The lowest BCUT2D eigenvalue weighted by Crippen LogP contribution is -2.16. The molecule has 0 heterocycles. The van der Waals surface area contributed by atoms with E-state index in [1.54, 1.807) is 6.07 Å². The lowest BCUT2D eigenvalue weighted by atomic mass is 9.95. The zero-order chi connectivity index (χ0) is 12.8. The topological polar surface area (TPSA) is 52.3 Å². The lowest BCUT2D eigenvalue weighted by Gasteiger charge is -2.16. The van der Waals surface area contributed by atoms with Crippen LogP contribution >= 0.6 is 0 Å². The molecular weight excluding hydrogens is 214 g/mol. The average Bonchev–Trinajstić information content (AvgIpc) is 2.34. The van der Waals surface area contributed by atoms with Gasteiger partial charge < -0.3 is 10.5 Å². The molecule has 3 heteroatoms. The van der Waals surface area contributed by atoms with E-state index in [0.717, 1.165) is 18.4 Å². The van der Waals surface area contributed by atoms with E-state index >= 15 is 0 Å². The van der Waals surface area contributed by atoms with Gasteiger partial charge in [0.1, 0.15) is 0 Å². The van der Waals surface area contributed by atoms with E-state index in [9.17, 15) is 4.79 Å². The minimum absolute atomic E-state index is 0.104. The second-order valence-corrected chi connectivity index (χ2v) is 4.66. The number of nitrogens with two attached hydrogens (primary N) is 1. The van der Waals surface area contributed by atoms with Crippen LogP contribution in [-0.2, 0) is 4.74 Å². The van der Waals surface area contributed by atoms with Crippen LogP contribution in [0.15, 0.2) is 24.3 Å². The summed E-state index contributed by atoms with van der Waals surface area (Å²) in [4.78, 5) is 11.6. The average molecular weight is 235 g/mol. The van der Waals surface area contributed by atoms with E-state index in [1.807, 2.05) is 18.2 Å². The molecule has 0 radical (unpaired) electrons. The van der Waals surface area contributed by atoms with Crippen molar-refractivity contribution in [2.24, 2.45) is 11.7 Å². The van der Waals surface area contributed by atoms with E-state index in [2.05, 4.69) is 13.8 Å². The van der Waals surface area contributed by atoms with Crippen molar-refractivity contribution in [3.05, 3.63) is 35.4 Å². The third kappa shape index (κ3) is 3.86. The van der Waals surface area contributed by atoms with Gasteiger partial charge in [-0.25, -0.2) is 4.79 Å². The molecule has 0 unspecified atom stereocenters. The van der Waals surface area contributed by atoms with E-state index in [0.29, 0.717) is 11.5 Å². The first-order valence-corrected chi connectivity index (χ1v) is 5.99. The van der Waals surface area contributed by atoms with Gasteiger partial charge in [-0.1, -0.05) is 32.0 Å². The number of hydrogen-bond acceptors (Lipinski definition) is 3. The van der Waals surface area contributed by atoms with E-state index in [-0.39, 0.29) is 12.0 Å². The van der Waals surface area contributed by atoms with Gasteiger partial charge in [-0.05, 0) is 30.4 Å². The zero-order valence-electron chi connectivity index (χ0n) is 10.8. The third-order valence-corrected chi connectivity index (χ3v) is 2.82. The normalized spacial score (nSPS) is 12.5. The van der Waals surface area contributed by atoms with E-state index < -0.39 is 0 Å². The van der Waals surface area contributed by atoms with Crippen LogP contribution in [0.3, 0.4) is 0 Å². The molecule has 0 saturated carbocycles. The van der Waals surface area contributed by atoms with Crippen LogP contribution < -0.4 is 5.73 Å². The summed E-state index contributed by atoms with van der Waals surface area (Å²) in [5.74, 6) is 0.298. The maximum atomic E-state index is 11.6. The number of benzene rings is 1. The van der Waals surface area contributed by atoms with Crippen LogP contribution in [0.4, 0.5) is 0 Å². The fourth-order valence-corrected chi connectivity index (χ4v) is 1.78. The maximum absolute atomic E-state index is 11.6. The first-order chi connectivity index (χ1) is 8.06. The molecule has 0 bridgehead atoms. The van der Waals surface area contributed by atoms with Crippen LogP contribution in [0.25, 0.3) is 0 Å². The summed E-state index contributed by atoms with van der Waals surface area (Å²) in [6.07, 6.45) is 1.93. The van der Waals surface area contributed by atoms with Gasteiger partial charge in [0.2, 0.25) is 0 Å². The number of ether oxygens (including phenoxy) is 1. The van der Waals surface area contributed by atoms with Crippen LogP contribution in [0.1, 0.15) is 48.7 Å². The Morgan fingerprint density at radius 3 is 2.53 bits per heavy atom. The summed E-state index contributed by atoms with van der Waals surface area (Å²) in [5, 5.41) is 0. The Morgan fingerprint density at radius 1 is 1.29 bits per heavy atom. The predicted octanol–water partition coefficient (Wildman–Crippen LogP) is 2.91. The Morgan fingerprint density at radius 2 is 1.94 bits per heavy atom. The van der Waals surface area contributed by atoms with Crippen molar-refractivity contribution in [1.29, 1.82) is 0 Å². The van der Waals surface area contributed by atoms with Gasteiger partial charge in [0.05, 0.1) is 12.7 Å². The highest BCUT2D eigenvalue weighted by molar-refractivity contribution is 5.91. The smallest absolute Gasteiger partial charge is 0.338 e. The molecule has 1 atom stereocenters. The fraction of sp³-hybridized carbons (Fsp3) is 0.500. The van der Waals surface area contributed by atoms with Gasteiger partial charge in [-0.15, -0.1) is 0 Å². The molecule has 94 valence electrons. The predicted molar refractivity (Wildman–Crippen MR) is 68.8 cm³/mol. The third-order valence-electron chi connectivity index (χ3n) is 2.82. The summed E-state index contributed by atoms with van der Waals surface area (Å²) in [5.41, 5.74) is 7.58. The molecule has 0 aromatic heterocycles. The standard InChI is InChI=1S/C14H21NO2/c1-10(2)8-9-13(15)11-6-4-5-7-12(11)14(16)17-3/h4-7,10,13H,8-9,15H2,1-3H3/t13-/m0/s1. The zero-order valence-corrected chi connectivity index (χ0v) is 10.8. The van der Waals surface area contributed by atoms with Crippen molar-refractivity contribution in [2.75, 3.05) is 7.11 Å². The molecule has 0 spiro atoms. The molecule has 0 aliphatic heterocycles. The molecule has 0 aliphatic rings. The SMILES string of the molecule is COC(=O)c1ccccc1[C@@H](N)CCC(C)C. The minimum atomic E-state index is -0.319. The van der Waals surface area contributed by atoms with Crippen LogP contribution in [0.5, 0.6) is 0 Å². The Balaban J connectivity index is 2.85. The summed E-state index contributed by atoms with van der Waals surface area (Å²) < 4.78 is 4.76. The highest BCUT2D eigenvalue weighted by Gasteiger charge is 2.16. The van der Waals surface area contributed by atoms with Crippen LogP contribution in [0, 0.1) is 5.92 Å². The van der Waals surface area contributed by atoms with Crippen molar-refractivity contribution in [1.82, 2.24) is 0 Å². The van der Waals surface area contributed by atoms with Crippen molar-refractivity contribution < 1.29 is 9.53 Å². The van der Waals surface area contributed by atoms with E-state index in [1.165, 1.54) is 7.11 Å². The molecule has 0 saturated heterocycles. The lowest BCUT2D eigenvalue weighted by molar-refractivity contribution is 0.0599. The molecule has 1 aromatic carbocycles. The van der Waals surface area contributed by atoms with Crippen LogP contribution in [-0.4, -0.2) is 13.1 Å². The van der Waals surface area contributed by atoms with Gasteiger partial charge in [-0.2, -0.15) is 0 Å². The van der Waals surface area contributed by atoms with Crippen LogP contribution in [0.2, 0.25) is 0 Å². The van der Waals surface area contributed by atoms with E-state index in [4.69, 9.17) is 10.5 Å². The molecular formula is C14H21NO2. The molecule has 0 aliphatic carbocycles. The number of carbonyl (C=O) groups excluding carboxylic acids is 1. The molecule has 2 N–H and O–H groups in total. The number of hydrogen-bond donors (Lipinski definition) is 1.